The van der Waals surface area contributed by atoms with E-state index < -0.39 is 11.7 Å². The summed E-state index contributed by atoms with van der Waals surface area (Å²) in [7, 11) is 1.44. The van der Waals surface area contributed by atoms with Gasteiger partial charge in [-0.05, 0) is 51.5 Å². The Kier molecular flexibility index (Phi) is 8.74. The third-order valence-corrected chi connectivity index (χ3v) is 5.18. The van der Waals surface area contributed by atoms with Crippen molar-refractivity contribution in [3.63, 3.8) is 0 Å². The predicted octanol–water partition coefficient (Wildman–Crippen LogP) is 5.05. The Morgan fingerprint density at radius 3 is 2.34 bits per heavy atom. The van der Waals surface area contributed by atoms with Gasteiger partial charge in [-0.2, -0.15) is 0 Å². The molecular weight excluding hydrogens is 366 g/mol. The molecule has 0 aromatic heterocycles. The van der Waals surface area contributed by atoms with Crippen molar-refractivity contribution in [3.8, 4) is 0 Å². The van der Waals surface area contributed by atoms with E-state index in [9.17, 15) is 9.59 Å². The second-order valence-electron chi connectivity index (χ2n) is 8.77. The number of carbonyl (C=O) groups excluding carboxylic acids is 2. The molecule has 2 rings (SSSR count). The number of nitrogens with one attached hydrogen (secondary N) is 1. The van der Waals surface area contributed by atoms with Gasteiger partial charge in [0.15, 0.2) is 0 Å². The Morgan fingerprint density at radius 2 is 1.76 bits per heavy atom. The quantitative estimate of drug-likeness (QED) is 0.513. The molecule has 0 radical (unpaired) electrons. The molecular formula is C24H35NO4. The summed E-state index contributed by atoms with van der Waals surface area (Å²) in [4.78, 5) is 24.7. The maximum atomic E-state index is 12.4. The number of methoxy groups -OCH3 is 1. The van der Waals surface area contributed by atoms with Crippen LogP contribution in [0.25, 0.3) is 0 Å². The molecule has 1 fully saturated rings. The van der Waals surface area contributed by atoms with Gasteiger partial charge in [0.1, 0.15) is 5.60 Å². The van der Waals surface area contributed by atoms with E-state index >= 15 is 0 Å². The number of benzene rings is 1. The van der Waals surface area contributed by atoms with Gasteiger partial charge in [-0.15, -0.1) is 0 Å². The van der Waals surface area contributed by atoms with Crippen LogP contribution < -0.4 is 5.32 Å². The van der Waals surface area contributed by atoms with Gasteiger partial charge in [-0.1, -0.05) is 61.7 Å². The third-order valence-electron chi connectivity index (χ3n) is 5.18. The highest BCUT2D eigenvalue weighted by Crippen LogP contribution is 2.31. The number of ether oxygens (including phenoxy) is 2. The summed E-state index contributed by atoms with van der Waals surface area (Å²) in [5.41, 5.74) is 0.535. The zero-order valence-electron chi connectivity index (χ0n) is 18.1. The van der Waals surface area contributed by atoms with Gasteiger partial charge in [0.25, 0.3) is 0 Å². The highest BCUT2D eigenvalue weighted by molar-refractivity contribution is 5.75. The zero-order chi connectivity index (χ0) is 21.3. The number of alkyl carbamates (subject to hydrolysis) is 1. The fourth-order valence-electron chi connectivity index (χ4n) is 3.81. The van der Waals surface area contributed by atoms with Gasteiger partial charge in [-0.3, -0.25) is 4.79 Å². The molecule has 0 bridgehead atoms. The molecule has 1 amide bonds. The van der Waals surface area contributed by atoms with Crippen LogP contribution in [0.3, 0.4) is 0 Å². The third kappa shape index (κ3) is 8.30. The van der Waals surface area contributed by atoms with Gasteiger partial charge in [0.05, 0.1) is 19.1 Å². The fraction of sp³-hybridized carbons (Fsp3) is 0.583. The second kappa shape index (κ2) is 11.0. The Balaban J connectivity index is 2.16. The maximum Gasteiger partial charge on any atom is 0.408 e. The smallest absolute Gasteiger partial charge is 0.408 e. The topological polar surface area (TPSA) is 64.6 Å². The Hall–Kier alpha value is -2.30. The van der Waals surface area contributed by atoms with E-state index in [0.29, 0.717) is 12.3 Å². The molecule has 0 unspecified atom stereocenters. The van der Waals surface area contributed by atoms with Gasteiger partial charge in [0.2, 0.25) is 0 Å². The summed E-state index contributed by atoms with van der Waals surface area (Å²) in [5.74, 6) is -0.186. The average Bonchev–Trinajstić information content (AvgIpc) is 2.68. The van der Waals surface area contributed by atoms with Crippen LogP contribution in [-0.2, 0) is 20.7 Å². The molecule has 1 aromatic carbocycles. The van der Waals surface area contributed by atoms with Crippen molar-refractivity contribution in [1.29, 1.82) is 0 Å². The SMILES string of the molecule is COC(=O)[C@H](C=C[C@H](Cc1ccccc1)NC(=O)OC(C)(C)C)C1CCCCC1. The van der Waals surface area contributed by atoms with E-state index in [1.54, 1.807) is 0 Å². The van der Waals surface area contributed by atoms with Crippen LogP contribution in [0.1, 0.15) is 58.4 Å². The number of hydrogen-bond donors (Lipinski definition) is 1. The highest BCUT2D eigenvalue weighted by atomic mass is 16.6. The Labute approximate surface area is 174 Å². The van der Waals surface area contributed by atoms with Crippen molar-refractivity contribution in [1.82, 2.24) is 5.32 Å². The number of amides is 1. The summed E-state index contributed by atoms with van der Waals surface area (Å²) in [6.45, 7) is 5.51. The van der Waals surface area contributed by atoms with Crippen LogP contribution in [0.15, 0.2) is 42.5 Å². The van der Waals surface area contributed by atoms with E-state index in [4.69, 9.17) is 9.47 Å². The summed E-state index contributed by atoms with van der Waals surface area (Å²) < 4.78 is 10.5. The van der Waals surface area contributed by atoms with Crippen LogP contribution in [0.2, 0.25) is 0 Å². The highest BCUT2D eigenvalue weighted by Gasteiger charge is 2.28. The lowest BCUT2D eigenvalue weighted by Crippen LogP contribution is -2.39. The number of esters is 1. The molecule has 29 heavy (non-hydrogen) atoms. The van der Waals surface area contributed by atoms with Crippen molar-refractivity contribution < 1.29 is 19.1 Å². The Bertz CT molecular complexity index is 672. The number of hydrogen-bond acceptors (Lipinski definition) is 4. The predicted molar refractivity (Wildman–Crippen MR) is 115 cm³/mol. The van der Waals surface area contributed by atoms with Crippen molar-refractivity contribution in [2.45, 2.75) is 70.9 Å². The van der Waals surface area contributed by atoms with Gasteiger partial charge >= 0.3 is 12.1 Å². The molecule has 1 aliphatic carbocycles. The first-order chi connectivity index (χ1) is 13.8. The van der Waals surface area contributed by atoms with Crippen molar-refractivity contribution in [2.75, 3.05) is 7.11 Å². The normalized spacial score (nSPS) is 17.5. The first-order valence-corrected chi connectivity index (χ1v) is 10.6. The van der Waals surface area contributed by atoms with E-state index in [1.165, 1.54) is 13.5 Å². The van der Waals surface area contributed by atoms with Gasteiger partial charge < -0.3 is 14.8 Å². The zero-order valence-corrected chi connectivity index (χ0v) is 18.1. The fourth-order valence-corrected chi connectivity index (χ4v) is 3.81. The lowest BCUT2D eigenvalue weighted by atomic mass is 9.79. The van der Waals surface area contributed by atoms with Crippen molar-refractivity contribution >= 4 is 12.1 Å². The van der Waals surface area contributed by atoms with Crippen LogP contribution in [0.4, 0.5) is 4.79 Å². The Morgan fingerprint density at radius 1 is 1.10 bits per heavy atom. The minimum atomic E-state index is -0.568. The summed E-state index contributed by atoms with van der Waals surface area (Å²) in [5, 5.41) is 2.94. The minimum Gasteiger partial charge on any atom is -0.469 e. The lowest BCUT2D eigenvalue weighted by Gasteiger charge is -2.27. The molecule has 1 N–H and O–H groups in total. The molecule has 0 saturated heterocycles. The monoisotopic (exact) mass is 401 g/mol. The molecule has 2 atom stereocenters. The molecule has 1 saturated carbocycles. The van der Waals surface area contributed by atoms with Crippen LogP contribution in [0, 0.1) is 11.8 Å². The van der Waals surface area contributed by atoms with Crippen LogP contribution >= 0.6 is 0 Å². The van der Waals surface area contributed by atoms with Gasteiger partial charge in [0, 0.05) is 0 Å². The molecule has 0 heterocycles. The average molecular weight is 402 g/mol. The number of carbonyl (C=O) groups is 2. The van der Waals surface area contributed by atoms with Crippen molar-refractivity contribution in [3.05, 3.63) is 48.0 Å². The van der Waals surface area contributed by atoms with E-state index in [0.717, 1.165) is 31.2 Å². The first kappa shape index (κ1) is 23.0. The summed E-state index contributed by atoms with van der Waals surface area (Å²) >= 11 is 0. The van der Waals surface area contributed by atoms with Crippen molar-refractivity contribution in [2.24, 2.45) is 11.8 Å². The summed E-state index contributed by atoms with van der Waals surface area (Å²) in [6, 6.07) is 9.69. The molecule has 5 nitrogen and oxygen atoms in total. The van der Waals surface area contributed by atoms with E-state index in [2.05, 4.69) is 5.32 Å². The molecule has 0 aliphatic heterocycles. The van der Waals surface area contributed by atoms with Gasteiger partial charge in [-0.25, -0.2) is 4.79 Å². The van der Waals surface area contributed by atoms with Crippen LogP contribution in [0.5, 0.6) is 0 Å². The minimum absolute atomic E-state index is 0.205. The molecule has 160 valence electrons. The molecule has 0 spiro atoms. The largest absolute Gasteiger partial charge is 0.469 e. The summed E-state index contributed by atoms with van der Waals surface area (Å²) in [6.07, 6.45) is 9.60. The van der Waals surface area contributed by atoms with Crippen LogP contribution in [-0.4, -0.2) is 30.8 Å². The lowest BCUT2D eigenvalue weighted by molar-refractivity contribution is -0.145. The second-order valence-corrected chi connectivity index (χ2v) is 8.77. The standard InChI is InChI=1S/C24H35NO4/c1-24(2,3)29-23(27)25-20(17-18-11-7-5-8-12-18)15-16-21(22(26)28-4)19-13-9-6-10-14-19/h5,7-8,11-12,15-16,19-21H,6,9-10,13-14,17H2,1-4H3,(H,25,27)/t20-,21-/m1/s1. The maximum absolute atomic E-state index is 12.4. The molecule has 1 aliphatic rings. The first-order valence-electron chi connectivity index (χ1n) is 10.6. The molecule has 1 aromatic rings. The number of rotatable bonds is 7. The van der Waals surface area contributed by atoms with E-state index in [-0.39, 0.29) is 17.9 Å². The molecule has 5 heteroatoms. The van der Waals surface area contributed by atoms with E-state index in [1.807, 2.05) is 63.3 Å².